The second-order valence-corrected chi connectivity index (χ2v) is 6.16. The molecule has 2 fully saturated rings. The number of amides is 1. The highest BCUT2D eigenvalue weighted by Crippen LogP contribution is 2.27. The molecule has 0 radical (unpaired) electrons. The highest BCUT2D eigenvalue weighted by molar-refractivity contribution is 6.04. The van der Waals surface area contributed by atoms with Crippen LogP contribution in [0.25, 0.3) is 10.9 Å². The standard InChI is InChI=1S/C16H20N4O/c21-16(15-13-5-1-2-6-14(13)18-19-15)17-11-7-8-12-4-3-9-20(12)10-11/h1-2,5-6,11-12H,3-4,7-10H2,(H,17,21)(H,18,19)/t11-,12+/m1/s1. The van der Waals surface area contributed by atoms with Crippen molar-refractivity contribution in [2.24, 2.45) is 0 Å². The number of fused-ring (bicyclic) bond motifs is 2. The average molecular weight is 284 g/mol. The molecule has 2 saturated heterocycles. The molecule has 2 aromatic rings. The molecule has 4 rings (SSSR count). The smallest absolute Gasteiger partial charge is 0.272 e. The highest BCUT2D eigenvalue weighted by Gasteiger charge is 2.32. The number of piperidine rings is 1. The quantitative estimate of drug-likeness (QED) is 0.885. The van der Waals surface area contributed by atoms with E-state index < -0.39 is 0 Å². The molecule has 3 heterocycles. The Labute approximate surface area is 123 Å². The third-order valence-corrected chi connectivity index (χ3v) is 4.82. The largest absolute Gasteiger partial charge is 0.347 e. The van der Waals surface area contributed by atoms with E-state index in [2.05, 4.69) is 20.4 Å². The maximum atomic E-state index is 12.5. The minimum absolute atomic E-state index is 0.0601. The Morgan fingerprint density at radius 1 is 1.29 bits per heavy atom. The number of H-pyrrole nitrogens is 1. The van der Waals surface area contributed by atoms with Gasteiger partial charge in [0.15, 0.2) is 5.69 Å². The van der Waals surface area contributed by atoms with Crippen LogP contribution in [0, 0.1) is 0 Å². The molecular weight excluding hydrogens is 264 g/mol. The van der Waals surface area contributed by atoms with Crippen LogP contribution in [0.5, 0.6) is 0 Å². The van der Waals surface area contributed by atoms with Gasteiger partial charge in [0.2, 0.25) is 0 Å². The monoisotopic (exact) mass is 284 g/mol. The number of nitrogens with one attached hydrogen (secondary N) is 2. The van der Waals surface area contributed by atoms with Gasteiger partial charge in [0, 0.05) is 24.0 Å². The fourth-order valence-corrected chi connectivity index (χ4v) is 3.74. The number of hydrogen-bond acceptors (Lipinski definition) is 3. The van der Waals surface area contributed by atoms with Gasteiger partial charge in [0.1, 0.15) is 0 Å². The van der Waals surface area contributed by atoms with Crippen molar-refractivity contribution in [1.82, 2.24) is 20.4 Å². The van der Waals surface area contributed by atoms with Crippen molar-refractivity contribution in [3.05, 3.63) is 30.0 Å². The number of rotatable bonds is 2. The molecule has 110 valence electrons. The maximum absolute atomic E-state index is 12.5. The lowest BCUT2D eigenvalue weighted by atomic mass is 9.99. The van der Waals surface area contributed by atoms with Crippen LogP contribution in [-0.4, -0.2) is 46.2 Å². The number of nitrogens with zero attached hydrogens (tertiary/aromatic N) is 2. The molecule has 2 N–H and O–H groups in total. The van der Waals surface area contributed by atoms with Crippen molar-refractivity contribution in [1.29, 1.82) is 0 Å². The van der Waals surface area contributed by atoms with E-state index >= 15 is 0 Å². The van der Waals surface area contributed by atoms with Crippen LogP contribution in [-0.2, 0) is 0 Å². The fraction of sp³-hybridized carbons (Fsp3) is 0.500. The van der Waals surface area contributed by atoms with Gasteiger partial charge in [-0.3, -0.25) is 14.8 Å². The number of aromatic amines is 1. The Bertz CT molecular complexity index is 665. The summed E-state index contributed by atoms with van der Waals surface area (Å²) in [7, 11) is 0. The summed E-state index contributed by atoms with van der Waals surface area (Å²) >= 11 is 0. The molecule has 5 heteroatoms. The summed E-state index contributed by atoms with van der Waals surface area (Å²) in [6.45, 7) is 2.17. The first kappa shape index (κ1) is 12.8. The van der Waals surface area contributed by atoms with E-state index in [1.807, 2.05) is 24.3 Å². The first-order valence-electron chi connectivity index (χ1n) is 7.79. The van der Waals surface area contributed by atoms with E-state index in [4.69, 9.17) is 0 Å². The van der Waals surface area contributed by atoms with Crippen molar-refractivity contribution in [3.63, 3.8) is 0 Å². The van der Waals surface area contributed by atoms with Gasteiger partial charge in [-0.15, -0.1) is 0 Å². The van der Waals surface area contributed by atoms with Gasteiger partial charge in [-0.1, -0.05) is 18.2 Å². The molecule has 1 aromatic heterocycles. The Balaban J connectivity index is 1.48. The van der Waals surface area contributed by atoms with E-state index in [1.54, 1.807) is 0 Å². The van der Waals surface area contributed by atoms with Gasteiger partial charge < -0.3 is 5.32 Å². The third kappa shape index (κ3) is 2.31. The Morgan fingerprint density at radius 3 is 3.14 bits per heavy atom. The Kier molecular flexibility index (Phi) is 3.15. The van der Waals surface area contributed by atoms with E-state index in [0.29, 0.717) is 5.69 Å². The average Bonchev–Trinajstić information content (AvgIpc) is 3.13. The molecule has 0 spiro atoms. The van der Waals surface area contributed by atoms with Crippen molar-refractivity contribution < 1.29 is 4.79 Å². The molecule has 2 aliphatic rings. The highest BCUT2D eigenvalue weighted by atomic mass is 16.2. The van der Waals surface area contributed by atoms with E-state index in [0.717, 1.165) is 29.9 Å². The van der Waals surface area contributed by atoms with E-state index in [9.17, 15) is 4.79 Å². The number of hydrogen-bond donors (Lipinski definition) is 2. The lowest BCUT2D eigenvalue weighted by molar-refractivity contribution is 0.0886. The SMILES string of the molecule is O=C(N[C@@H]1CC[C@@H]2CCCN2C1)c1n[nH]c2ccccc12. The molecule has 21 heavy (non-hydrogen) atoms. The molecule has 5 nitrogen and oxygen atoms in total. The first-order chi connectivity index (χ1) is 10.3. The Morgan fingerprint density at radius 2 is 2.19 bits per heavy atom. The summed E-state index contributed by atoms with van der Waals surface area (Å²) in [5.74, 6) is -0.0601. The van der Waals surface area contributed by atoms with Gasteiger partial charge in [-0.05, 0) is 38.3 Å². The van der Waals surface area contributed by atoms with Crippen LogP contribution >= 0.6 is 0 Å². The number of aromatic nitrogens is 2. The first-order valence-corrected chi connectivity index (χ1v) is 7.79. The topological polar surface area (TPSA) is 61.0 Å². The van der Waals surface area contributed by atoms with Crippen LogP contribution in [0.2, 0.25) is 0 Å². The molecule has 1 amide bonds. The minimum Gasteiger partial charge on any atom is -0.347 e. The lowest BCUT2D eigenvalue weighted by Crippen LogP contribution is -2.49. The van der Waals surface area contributed by atoms with E-state index in [1.165, 1.54) is 25.8 Å². The number of carbonyl (C=O) groups is 1. The summed E-state index contributed by atoms with van der Waals surface area (Å²) in [5.41, 5.74) is 1.42. The molecule has 0 saturated carbocycles. The number of para-hydroxylation sites is 1. The minimum atomic E-state index is -0.0601. The van der Waals surface area contributed by atoms with Gasteiger partial charge in [-0.2, -0.15) is 5.10 Å². The van der Waals surface area contributed by atoms with Crippen LogP contribution < -0.4 is 5.32 Å². The maximum Gasteiger partial charge on any atom is 0.272 e. The molecule has 1 aromatic carbocycles. The van der Waals surface area contributed by atoms with Gasteiger partial charge in [0.05, 0.1) is 5.52 Å². The molecule has 2 aliphatic heterocycles. The molecular formula is C16H20N4O. The summed E-state index contributed by atoms with van der Waals surface area (Å²) < 4.78 is 0. The van der Waals surface area contributed by atoms with Gasteiger partial charge in [0.25, 0.3) is 5.91 Å². The second kappa shape index (κ2) is 5.15. The lowest BCUT2D eigenvalue weighted by Gasteiger charge is -2.35. The Hall–Kier alpha value is -1.88. The molecule has 2 atom stereocenters. The summed E-state index contributed by atoms with van der Waals surface area (Å²) in [6, 6.07) is 8.76. The van der Waals surface area contributed by atoms with Gasteiger partial charge in [-0.25, -0.2) is 0 Å². The summed E-state index contributed by atoms with van der Waals surface area (Å²) in [6.07, 6.45) is 4.90. The van der Waals surface area contributed by atoms with Crippen molar-refractivity contribution >= 4 is 16.8 Å². The zero-order chi connectivity index (χ0) is 14.2. The zero-order valence-corrected chi connectivity index (χ0v) is 12.0. The predicted molar refractivity (Wildman–Crippen MR) is 81.2 cm³/mol. The number of benzene rings is 1. The molecule has 0 aliphatic carbocycles. The van der Waals surface area contributed by atoms with E-state index in [-0.39, 0.29) is 11.9 Å². The predicted octanol–water partition coefficient (Wildman–Crippen LogP) is 1.92. The van der Waals surface area contributed by atoms with Crippen molar-refractivity contribution in [2.75, 3.05) is 13.1 Å². The van der Waals surface area contributed by atoms with Gasteiger partial charge >= 0.3 is 0 Å². The molecule has 0 bridgehead atoms. The van der Waals surface area contributed by atoms with Crippen LogP contribution in [0.15, 0.2) is 24.3 Å². The van der Waals surface area contributed by atoms with Crippen LogP contribution in [0.1, 0.15) is 36.2 Å². The zero-order valence-electron chi connectivity index (χ0n) is 12.0. The van der Waals surface area contributed by atoms with Crippen molar-refractivity contribution in [3.8, 4) is 0 Å². The van der Waals surface area contributed by atoms with Crippen LogP contribution in [0.3, 0.4) is 0 Å². The second-order valence-electron chi connectivity index (χ2n) is 6.16. The summed E-state index contributed by atoms with van der Waals surface area (Å²) in [4.78, 5) is 15.0. The fourth-order valence-electron chi connectivity index (χ4n) is 3.74. The summed E-state index contributed by atoms with van der Waals surface area (Å²) in [5, 5.41) is 11.2. The van der Waals surface area contributed by atoms with Crippen LogP contribution in [0.4, 0.5) is 0 Å². The normalized spacial score (nSPS) is 25.9. The third-order valence-electron chi connectivity index (χ3n) is 4.82. The molecule has 0 unspecified atom stereocenters. The number of carbonyl (C=O) groups excluding carboxylic acids is 1. The van der Waals surface area contributed by atoms with Crippen molar-refractivity contribution in [2.45, 2.75) is 37.8 Å².